The van der Waals surface area contributed by atoms with Crippen LogP contribution in [0.5, 0.6) is 0 Å². The van der Waals surface area contributed by atoms with Crippen molar-refractivity contribution in [2.45, 2.75) is 19.9 Å². The molecule has 0 radical (unpaired) electrons. The molecule has 0 bridgehead atoms. The number of aryl methyl sites for hydroxylation is 1. The molecule has 2 heterocycles. The van der Waals surface area contributed by atoms with Crippen molar-refractivity contribution in [1.82, 2.24) is 14.5 Å². The van der Waals surface area contributed by atoms with E-state index in [1.807, 2.05) is 19.3 Å². The van der Waals surface area contributed by atoms with Crippen molar-refractivity contribution in [2.24, 2.45) is 5.92 Å². The molecule has 94 valence electrons. The fourth-order valence-corrected chi connectivity index (χ4v) is 2.28. The summed E-state index contributed by atoms with van der Waals surface area (Å²) in [4.78, 5) is 17.9. The molecule has 1 atom stereocenters. The number of methoxy groups -OCH3 is 1. The molecule has 0 aromatic carbocycles. The van der Waals surface area contributed by atoms with Crippen LogP contribution in [0.2, 0.25) is 0 Å². The summed E-state index contributed by atoms with van der Waals surface area (Å²) in [5.41, 5.74) is 0. The standard InChI is InChI=1S/C12H19N3O2/c1-10-13-4-6-15(10)8-7-14-5-3-11(9-14)12(16)17-2/h4,6,11H,3,5,7-9H2,1-2H3. The fraction of sp³-hybridized carbons (Fsp3) is 0.667. The minimum Gasteiger partial charge on any atom is -0.469 e. The molecule has 2 rings (SSSR count). The summed E-state index contributed by atoms with van der Waals surface area (Å²) in [7, 11) is 1.46. The van der Waals surface area contributed by atoms with Crippen molar-refractivity contribution < 1.29 is 9.53 Å². The first-order valence-corrected chi connectivity index (χ1v) is 5.98. The van der Waals surface area contributed by atoms with Crippen molar-refractivity contribution in [1.29, 1.82) is 0 Å². The highest BCUT2D eigenvalue weighted by atomic mass is 16.5. The summed E-state index contributed by atoms with van der Waals surface area (Å²) in [6, 6.07) is 0. The summed E-state index contributed by atoms with van der Waals surface area (Å²) >= 11 is 0. The van der Waals surface area contributed by atoms with Crippen molar-refractivity contribution in [3.63, 3.8) is 0 Å². The number of ether oxygens (including phenoxy) is 1. The zero-order chi connectivity index (χ0) is 12.3. The minimum absolute atomic E-state index is 0.0592. The van der Waals surface area contributed by atoms with Gasteiger partial charge in [-0.05, 0) is 19.9 Å². The second-order valence-electron chi connectivity index (χ2n) is 4.48. The summed E-state index contributed by atoms with van der Waals surface area (Å²) in [6.07, 6.45) is 4.72. The Hall–Kier alpha value is -1.36. The Balaban J connectivity index is 1.79. The van der Waals surface area contributed by atoms with Crippen molar-refractivity contribution in [3.05, 3.63) is 18.2 Å². The van der Waals surface area contributed by atoms with Crippen LogP contribution < -0.4 is 0 Å². The van der Waals surface area contributed by atoms with E-state index in [9.17, 15) is 4.79 Å². The van der Waals surface area contributed by atoms with Gasteiger partial charge in [-0.25, -0.2) is 4.98 Å². The third-order valence-corrected chi connectivity index (χ3v) is 3.39. The van der Waals surface area contributed by atoms with Gasteiger partial charge < -0.3 is 14.2 Å². The van der Waals surface area contributed by atoms with Crippen molar-refractivity contribution in [2.75, 3.05) is 26.7 Å². The van der Waals surface area contributed by atoms with E-state index in [1.54, 1.807) is 0 Å². The van der Waals surface area contributed by atoms with Crippen LogP contribution in [-0.2, 0) is 16.1 Å². The lowest BCUT2D eigenvalue weighted by molar-refractivity contribution is -0.144. The molecule has 0 saturated carbocycles. The highest BCUT2D eigenvalue weighted by Crippen LogP contribution is 2.17. The molecule has 1 aliphatic heterocycles. The number of rotatable bonds is 4. The molecule has 1 saturated heterocycles. The Morgan fingerprint density at radius 3 is 3.06 bits per heavy atom. The van der Waals surface area contributed by atoms with Gasteiger partial charge in [0, 0.05) is 32.0 Å². The van der Waals surface area contributed by atoms with E-state index >= 15 is 0 Å². The number of nitrogens with zero attached hydrogens (tertiary/aromatic N) is 3. The first-order chi connectivity index (χ1) is 8.20. The van der Waals surface area contributed by atoms with E-state index in [0.29, 0.717) is 0 Å². The first-order valence-electron chi connectivity index (χ1n) is 5.98. The highest BCUT2D eigenvalue weighted by molar-refractivity contribution is 5.72. The van der Waals surface area contributed by atoms with Gasteiger partial charge in [0.05, 0.1) is 13.0 Å². The van der Waals surface area contributed by atoms with Gasteiger partial charge in [0.15, 0.2) is 0 Å². The minimum atomic E-state index is -0.0775. The van der Waals surface area contributed by atoms with Crippen LogP contribution in [0.1, 0.15) is 12.2 Å². The van der Waals surface area contributed by atoms with Crippen molar-refractivity contribution in [3.8, 4) is 0 Å². The van der Waals surface area contributed by atoms with E-state index in [1.165, 1.54) is 7.11 Å². The smallest absolute Gasteiger partial charge is 0.310 e. The molecule has 1 aromatic rings. The fourth-order valence-electron chi connectivity index (χ4n) is 2.28. The number of imidazole rings is 1. The van der Waals surface area contributed by atoms with Crippen molar-refractivity contribution >= 4 is 5.97 Å². The Labute approximate surface area is 101 Å². The van der Waals surface area contributed by atoms with Gasteiger partial charge in [-0.3, -0.25) is 4.79 Å². The molecule has 17 heavy (non-hydrogen) atoms. The van der Waals surface area contributed by atoms with Gasteiger partial charge in [-0.2, -0.15) is 0 Å². The molecule has 1 aliphatic rings. The largest absolute Gasteiger partial charge is 0.469 e. The quantitative estimate of drug-likeness (QED) is 0.723. The zero-order valence-corrected chi connectivity index (χ0v) is 10.4. The summed E-state index contributed by atoms with van der Waals surface area (Å²) in [5.74, 6) is 1.02. The summed E-state index contributed by atoms with van der Waals surface area (Å²) < 4.78 is 6.90. The number of hydrogen-bond acceptors (Lipinski definition) is 4. The molecule has 0 spiro atoms. The Morgan fingerprint density at radius 1 is 1.59 bits per heavy atom. The van der Waals surface area contributed by atoms with Gasteiger partial charge in [-0.15, -0.1) is 0 Å². The lowest BCUT2D eigenvalue weighted by Crippen LogP contribution is -2.27. The molecular weight excluding hydrogens is 218 g/mol. The Kier molecular flexibility index (Phi) is 3.78. The molecule has 0 N–H and O–H groups in total. The van der Waals surface area contributed by atoms with E-state index in [2.05, 4.69) is 14.5 Å². The number of carbonyl (C=O) groups is 1. The predicted molar refractivity (Wildman–Crippen MR) is 63.5 cm³/mol. The Morgan fingerprint density at radius 2 is 2.41 bits per heavy atom. The predicted octanol–water partition coefficient (Wildman–Crippen LogP) is 0.686. The topological polar surface area (TPSA) is 47.4 Å². The lowest BCUT2D eigenvalue weighted by Gasteiger charge is -2.16. The van der Waals surface area contributed by atoms with Crippen LogP contribution in [-0.4, -0.2) is 47.2 Å². The summed E-state index contributed by atoms with van der Waals surface area (Å²) in [6.45, 7) is 5.69. The van der Waals surface area contributed by atoms with Gasteiger partial charge in [-0.1, -0.05) is 0 Å². The van der Waals surface area contributed by atoms with E-state index in [-0.39, 0.29) is 11.9 Å². The molecule has 5 heteroatoms. The van der Waals surface area contributed by atoms with Gasteiger partial charge in [0.25, 0.3) is 0 Å². The molecule has 1 fully saturated rings. The number of esters is 1. The zero-order valence-electron chi connectivity index (χ0n) is 10.4. The van der Waals surface area contributed by atoms with E-state index in [4.69, 9.17) is 4.74 Å². The molecule has 1 aromatic heterocycles. The normalized spacial score (nSPS) is 20.7. The number of likely N-dealkylation sites (tertiary alicyclic amines) is 1. The third-order valence-electron chi connectivity index (χ3n) is 3.39. The average molecular weight is 237 g/mol. The van der Waals surface area contributed by atoms with Crippen LogP contribution in [0, 0.1) is 12.8 Å². The van der Waals surface area contributed by atoms with Crippen LogP contribution in [0.15, 0.2) is 12.4 Å². The van der Waals surface area contributed by atoms with Crippen LogP contribution in [0.25, 0.3) is 0 Å². The van der Waals surface area contributed by atoms with Crippen LogP contribution in [0.3, 0.4) is 0 Å². The third kappa shape index (κ3) is 2.85. The second-order valence-corrected chi connectivity index (χ2v) is 4.48. The van der Waals surface area contributed by atoms with Crippen LogP contribution in [0.4, 0.5) is 0 Å². The number of hydrogen-bond donors (Lipinski definition) is 0. The van der Waals surface area contributed by atoms with Crippen LogP contribution >= 0.6 is 0 Å². The average Bonchev–Trinajstić information content (AvgIpc) is 2.94. The van der Waals surface area contributed by atoms with Gasteiger partial charge in [0.2, 0.25) is 0 Å². The first kappa shape index (κ1) is 12.1. The van der Waals surface area contributed by atoms with E-state index < -0.39 is 0 Å². The molecule has 1 unspecified atom stereocenters. The lowest BCUT2D eigenvalue weighted by atomic mass is 10.1. The maximum Gasteiger partial charge on any atom is 0.310 e. The Bertz CT molecular complexity index is 389. The monoisotopic (exact) mass is 237 g/mol. The maximum absolute atomic E-state index is 11.4. The second kappa shape index (κ2) is 5.31. The number of carbonyl (C=O) groups excluding carboxylic acids is 1. The molecule has 0 amide bonds. The molecule has 0 aliphatic carbocycles. The molecule has 5 nitrogen and oxygen atoms in total. The maximum atomic E-state index is 11.4. The van der Waals surface area contributed by atoms with E-state index in [0.717, 1.165) is 38.4 Å². The van der Waals surface area contributed by atoms with Gasteiger partial charge >= 0.3 is 5.97 Å². The molecular formula is C12H19N3O2. The summed E-state index contributed by atoms with van der Waals surface area (Å²) in [5, 5.41) is 0. The SMILES string of the molecule is COC(=O)C1CCN(CCn2ccnc2C)C1. The van der Waals surface area contributed by atoms with Gasteiger partial charge in [0.1, 0.15) is 5.82 Å². The number of aromatic nitrogens is 2. The highest BCUT2D eigenvalue weighted by Gasteiger charge is 2.28.